The highest BCUT2D eigenvalue weighted by Crippen LogP contribution is 2.50. The minimum Gasteiger partial charge on any atom is -0.349 e. The highest BCUT2D eigenvalue weighted by Gasteiger charge is 2.50. The van der Waals surface area contributed by atoms with Gasteiger partial charge >= 0.3 is 0 Å². The van der Waals surface area contributed by atoms with Crippen LogP contribution >= 0.6 is 0 Å². The van der Waals surface area contributed by atoms with E-state index >= 15 is 0 Å². The van der Waals surface area contributed by atoms with Crippen LogP contribution in [0.2, 0.25) is 0 Å². The van der Waals surface area contributed by atoms with E-state index in [1.54, 1.807) is 11.0 Å². The van der Waals surface area contributed by atoms with Crippen LogP contribution in [-0.4, -0.2) is 42.9 Å². The van der Waals surface area contributed by atoms with Gasteiger partial charge < -0.3 is 4.90 Å². The van der Waals surface area contributed by atoms with E-state index in [1.165, 1.54) is 6.07 Å². The minimum atomic E-state index is -0.129. The number of amides is 1. The minimum absolute atomic E-state index is 0.118. The fraction of sp³-hybridized carbons (Fsp3) is 0.611. The molecule has 0 aromatic heterocycles. The molecule has 1 saturated carbocycles. The molecule has 1 aromatic carbocycles. The Morgan fingerprint density at radius 1 is 1.36 bits per heavy atom. The van der Waals surface area contributed by atoms with Crippen LogP contribution in [0, 0.1) is 17.2 Å². The zero-order chi connectivity index (χ0) is 15.7. The highest BCUT2D eigenvalue weighted by molar-refractivity contribution is 5.79. The number of hydrogen-bond acceptors (Lipinski definition) is 2. The largest absolute Gasteiger partial charge is 0.349 e. The van der Waals surface area contributed by atoms with Crippen LogP contribution in [0.3, 0.4) is 0 Å². The number of carbonyl (C=O) groups is 1. The molecule has 1 aromatic rings. The van der Waals surface area contributed by atoms with Gasteiger partial charge in [-0.25, -0.2) is 4.39 Å². The molecule has 0 N–H and O–H groups in total. The van der Waals surface area contributed by atoms with E-state index < -0.39 is 0 Å². The molecule has 1 aliphatic carbocycles. The molecule has 2 aliphatic rings. The lowest BCUT2D eigenvalue weighted by Gasteiger charge is -2.32. The first kappa shape index (κ1) is 15.5. The van der Waals surface area contributed by atoms with Gasteiger partial charge in [0.15, 0.2) is 0 Å². The summed E-state index contributed by atoms with van der Waals surface area (Å²) < 4.78 is 13.8. The van der Waals surface area contributed by atoms with E-state index in [2.05, 4.69) is 4.90 Å². The van der Waals surface area contributed by atoms with E-state index in [4.69, 9.17) is 0 Å². The molecular weight excluding hydrogens is 279 g/mol. The third-order valence-electron chi connectivity index (χ3n) is 5.46. The molecule has 0 unspecified atom stereocenters. The smallest absolute Gasteiger partial charge is 0.225 e. The third-order valence-corrected chi connectivity index (χ3v) is 5.46. The maximum absolute atomic E-state index is 13.8. The quantitative estimate of drug-likeness (QED) is 0.857. The van der Waals surface area contributed by atoms with Gasteiger partial charge in [-0.2, -0.15) is 0 Å². The van der Waals surface area contributed by atoms with Gasteiger partial charge in [-0.05, 0) is 37.3 Å². The summed E-state index contributed by atoms with van der Waals surface area (Å²) in [5.41, 5.74) is 0.875. The molecule has 1 heterocycles. The number of halogens is 1. The van der Waals surface area contributed by atoms with Crippen molar-refractivity contribution in [2.24, 2.45) is 11.3 Å². The summed E-state index contributed by atoms with van der Waals surface area (Å²) in [6.07, 6.45) is 4.33. The summed E-state index contributed by atoms with van der Waals surface area (Å²) in [7, 11) is 3.70. The Hall–Kier alpha value is -1.42. The van der Waals surface area contributed by atoms with Crippen molar-refractivity contribution in [3.8, 4) is 0 Å². The van der Waals surface area contributed by atoms with Gasteiger partial charge in [-0.3, -0.25) is 9.69 Å². The summed E-state index contributed by atoms with van der Waals surface area (Å²) in [4.78, 5) is 16.5. The second-order valence-electron chi connectivity index (χ2n) is 7.09. The predicted octanol–water partition coefficient (Wildman–Crippen LogP) is 2.91. The van der Waals surface area contributed by atoms with E-state index in [0.29, 0.717) is 6.54 Å². The number of carbonyl (C=O) groups excluding carboxylic acids is 1. The molecule has 1 saturated heterocycles. The van der Waals surface area contributed by atoms with Gasteiger partial charge in [-0.1, -0.05) is 24.6 Å². The molecule has 2 atom stereocenters. The highest BCUT2D eigenvalue weighted by atomic mass is 19.1. The maximum atomic E-state index is 13.8. The first-order chi connectivity index (χ1) is 10.5. The van der Waals surface area contributed by atoms with Crippen LogP contribution in [0.4, 0.5) is 4.39 Å². The number of rotatable bonds is 3. The van der Waals surface area contributed by atoms with Crippen LogP contribution in [-0.2, 0) is 11.3 Å². The van der Waals surface area contributed by atoms with Crippen molar-refractivity contribution in [2.75, 3.05) is 27.2 Å². The monoisotopic (exact) mass is 304 g/mol. The lowest BCUT2D eigenvalue weighted by molar-refractivity contribution is -0.136. The van der Waals surface area contributed by atoms with Gasteiger partial charge in [-0.15, -0.1) is 0 Å². The Balaban J connectivity index is 1.71. The molecule has 4 heteroatoms. The van der Waals surface area contributed by atoms with Crippen LogP contribution in [0.5, 0.6) is 0 Å². The SMILES string of the molecule is CN(C)C(=O)[C@@H]1CCC[C@@]12CCN(Cc1ccccc1F)C2. The molecule has 1 spiro atoms. The lowest BCUT2D eigenvalue weighted by Crippen LogP contribution is -2.40. The molecule has 3 nitrogen and oxygen atoms in total. The Labute approximate surface area is 132 Å². The fourth-order valence-electron chi connectivity index (χ4n) is 4.31. The summed E-state index contributed by atoms with van der Waals surface area (Å²) >= 11 is 0. The van der Waals surface area contributed by atoms with Gasteiger partial charge in [0.05, 0.1) is 0 Å². The Morgan fingerprint density at radius 2 is 2.14 bits per heavy atom. The zero-order valence-corrected chi connectivity index (χ0v) is 13.5. The molecular formula is C18H25FN2O. The van der Waals surface area contributed by atoms with E-state index in [-0.39, 0.29) is 23.1 Å². The average molecular weight is 304 g/mol. The third kappa shape index (κ3) is 2.76. The number of benzene rings is 1. The standard InChI is InChI=1S/C18H25FN2O/c1-20(2)17(22)15-7-5-9-18(15)10-11-21(13-18)12-14-6-3-4-8-16(14)19/h3-4,6,8,15H,5,7,9-13H2,1-2H3/t15-,18-/m0/s1. The molecule has 0 radical (unpaired) electrons. The second kappa shape index (κ2) is 5.99. The van der Waals surface area contributed by atoms with Gasteiger partial charge in [0.25, 0.3) is 0 Å². The van der Waals surface area contributed by atoms with Crippen LogP contribution in [0.1, 0.15) is 31.2 Å². The lowest BCUT2D eigenvalue weighted by atomic mass is 9.76. The number of hydrogen-bond donors (Lipinski definition) is 0. The predicted molar refractivity (Wildman–Crippen MR) is 84.8 cm³/mol. The maximum Gasteiger partial charge on any atom is 0.225 e. The van der Waals surface area contributed by atoms with Crippen molar-refractivity contribution in [3.63, 3.8) is 0 Å². The Morgan fingerprint density at radius 3 is 2.86 bits per heavy atom. The average Bonchev–Trinajstić information content (AvgIpc) is 3.08. The van der Waals surface area contributed by atoms with Crippen molar-refractivity contribution < 1.29 is 9.18 Å². The molecule has 1 amide bonds. The van der Waals surface area contributed by atoms with Crippen molar-refractivity contribution in [3.05, 3.63) is 35.6 Å². The molecule has 120 valence electrons. The van der Waals surface area contributed by atoms with Crippen molar-refractivity contribution in [1.82, 2.24) is 9.80 Å². The van der Waals surface area contributed by atoms with Crippen LogP contribution in [0.15, 0.2) is 24.3 Å². The molecule has 2 fully saturated rings. The second-order valence-corrected chi connectivity index (χ2v) is 7.09. The summed E-state index contributed by atoms with van der Waals surface area (Å²) in [6, 6.07) is 7.00. The summed E-state index contributed by atoms with van der Waals surface area (Å²) in [5, 5.41) is 0. The van der Waals surface area contributed by atoms with Crippen LogP contribution < -0.4 is 0 Å². The van der Waals surface area contributed by atoms with Gasteiger partial charge in [0, 0.05) is 38.7 Å². The first-order valence-corrected chi connectivity index (χ1v) is 8.19. The zero-order valence-electron chi connectivity index (χ0n) is 13.5. The van der Waals surface area contributed by atoms with Gasteiger partial charge in [0.2, 0.25) is 5.91 Å². The van der Waals surface area contributed by atoms with E-state index in [9.17, 15) is 9.18 Å². The molecule has 3 rings (SSSR count). The van der Waals surface area contributed by atoms with Crippen molar-refractivity contribution in [2.45, 2.75) is 32.2 Å². The fourth-order valence-corrected chi connectivity index (χ4v) is 4.31. The summed E-state index contributed by atoms with van der Waals surface area (Å²) in [6.45, 7) is 2.54. The van der Waals surface area contributed by atoms with Crippen molar-refractivity contribution >= 4 is 5.91 Å². The van der Waals surface area contributed by atoms with E-state index in [0.717, 1.165) is 44.3 Å². The summed E-state index contributed by atoms with van der Waals surface area (Å²) in [5.74, 6) is 0.286. The first-order valence-electron chi connectivity index (χ1n) is 8.19. The van der Waals surface area contributed by atoms with Crippen LogP contribution in [0.25, 0.3) is 0 Å². The molecule has 0 bridgehead atoms. The molecule has 1 aliphatic heterocycles. The van der Waals surface area contributed by atoms with Gasteiger partial charge in [0.1, 0.15) is 5.82 Å². The Bertz CT molecular complexity index is 560. The number of likely N-dealkylation sites (tertiary alicyclic amines) is 1. The van der Waals surface area contributed by atoms with Crippen molar-refractivity contribution in [1.29, 1.82) is 0 Å². The normalized spacial score (nSPS) is 28.4. The number of nitrogens with zero attached hydrogens (tertiary/aromatic N) is 2. The van der Waals surface area contributed by atoms with E-state index in [1.807, 2.05) is 26.2 Å². The molecule has 22 heavy (non-hydrogen) atoms. The topological polar surface area (TPSA) is 23.6 Å². The Kier molecular flexibility index (Phi) is 4.22.